The average molecular weight is 466 g/mol. The van der Waals surface area contributed by atoms with E-state index in [0.29, 0.717) is 17.1 Å². The van der Waals surface area contributed by atoms with Crippen molar-refractivity contribution in [2.45, 2.75) is 29.9 Å². The molecule has 0 bridgehead atoms. The van der Waals surface area contributed by atoms with E-state index in [2.05, 4.69) is 38.3 Å². The number of halogens is 1. The lowest BCUT2D eigenvalue weighted by Gasteiger charge is -2.08. The summed E-state index contributed by atoms with van der Waals surface area (Å²) in [5.74, 6) is 1.38. The fraction of sp³-hybridized carbons (Fsp3) is 0.263. The normalized spacial score (nSPS) is 11.6. The minimum atomic E-state index is -3.31. The molecule has 8 heteroatoms. The number of hydrogen-bond acceptors (Lipinski definition) is 5. The molecule has 0 saturated carbocycles. The van der Waals surface area contributed by atoms with Crippen LogP contribution in [0.2, 0.25) is 0 Å². The molecule has 2 aromatic carbocycles. The highest BCUT2D eigenvalue weighted by atomic mass is 79.9. The van der Waals surface area contributed by atoms with Crippen molar-refractivity contribution in [1.29, 1.82) is 0 Å². The van der Waals surface area contributed by atoms with Gasteiger partial charge in [-0.3, -0.25) is 0 Å². The summed E-state index contributed by atoms with van der Waals surface area (Å²) in [5, 5.41) is 9.32. The summed E-state index contributed by atoms with van der Waals surface area (Å²) in [4.78, 5) is 0.341. The van der Waals surface area contributed by atoms with Crippen LogP contribution in [0.15, 0.2) is 69.1 Å². The molecule has 0 spiro atoms. The first kappa shape index (κ1) is 20.1. The fourth-order valence-corrected chi connectivity index (χ4v) is 5.59. The summed E-state index contributed by atoms with van der Waals surface area (Å²) < 4.78 is 27.8. The van der Waals surface area contributed by atoms with Crippen molar-refractivity contribution in [3.63, 3.8) is 0 Å². The molecule has 0 saturated heterocycles. The number of thioether (sulfide) groups is 1. The summed E-state index contributed by atoms with van der Waals surface area (Å²) in [6.07, 6.45) is 0.708. The molecular weight excluding hydrogens is 446 g/mol. The van der Waals surface area contributed by atoms with Crippen LogP contribution >= 0.6 is 27.7 Å². The van der Waals surface area contributed by atoms with E-state index in [9.17, 15) is 8.42 Å². The topological polar surface area (TPSA) is 64.8 Å². The third-order valence-electron chi connectivity index (χ3n) is 4.07. The minimum Gasteiger partial charge on any atom is -0.306 e. The highest BCUT2D eigenvalue weighted by Crippen LogP contribution is 2.21. The summed E-state index contributed by atoms with van der Waals surface area (Å²) >= 11 is 4.75. The quantitative estimate of drug-likeness (QED) is 0.466. The first-order valence-corrected chi connectivity index (χ1v) is 12.0. The standard InChI is InChI=1S/C19H20BrN3O2S2/c1-2-23-18(14-15-6-4-3-5-7-15)21-22-19(23)26-12-13-27(24,25)17-10-8-16(20)9-11-17/h3-11H,2,12-14H2,1H3. The third kappa shape index (κ3) is 5.21. The molecule has 0 radical (unpaired) electrons. The van der Waals surface area contributed by atoms with Gasteiger partial charge in [0.1, 0.15) is 5.82 Å². The molecule has 5 nitrogen and oxygen atoms in total. The van der Waals surface area contributed by atoms with Crippen molar-refractivity contribution in [2.75, 3.05) is 11.5 Å². The first-order chi connectivity index (χ1) is 13.0. The lowest BCUT2D eigenvalue weighted by Crippen LogP contribution is -2.10. The molecule has 1 heterocycles. The van der Waals surface area contributed by atoms with Crippen LogP contribution in [0.3, 0.4) is 0 Å². The molecule has 0 N–H and O–H groups in total. The number of benzene rings is 2. The van der Waals surface area contributed by atoms with Gasteiger partial charge in [0.05, 0.1) is 10.6 Å². The Balaban J connectivity index is 1.65. The summed E-state index contributed by atoms with van der Waals surface area (Å²) in [6.45, 7) is 2.79. The van der Waals surface area contributed by atoms with Crippen LogP contribution in [0, 0.1) is 0 Å². The average Bonchev–Trinajstić information content (AvgIpc) is 3.04. The van der Waals surface area contributed by atoms with E-state index in [1.165, 1.54) is 17.3 Å². The Hall–Kier alpha value is -1.64. The molecule has 0 fully saturated rings. The van der Waals surface area contributed by atoms with Crippen molar-refractivity contribution < 1.29 is 8.42 Å². The Bertz CT molecular complexity index is 988. The van der Waals surface area contributed by atoms with Gasteiger partial charge in [0, 0.05) is 23.2 Å². The second kappa shape index (κ2) is 9.03. The van der Waals surface area contributed by atoms with Gasteiger partial charge in [-0.2, -0.15) is 0 Å². The second-order valence-electron chi connectivity index (χ2n) is 5.93. The molecule has 3 aromatic rings. The van der Waals surface area contributed by atoms with Gasteiger partial charge in [0.15, 0.2) is 15.0 Å². The van der Waals surface area contributed by atoms with E-state index in [1.54, 1.807) is 24.3 Å². The monoisotopic (exact) mass is 465 g/mol. The molecule has 0 amide bonds. The molecular formula is C19H20BrN3O2S2. The fourth-order valence-electron chi connectivity index (χ4n) is 2.66. The van der Waals surface area contributed by atoms with Gasteiger partial charge in [-0.25, -0.2) is 8.42 Å². The van der Waals surface area contributed by atoms with Crippen LogP contribution in [-0.2, 0) is 22.8 Å². The van der Waals surface area contributed by atoms with Crippen molar-refractivity contribution in [3.05, 3.63) is 70.5 Å². The van der Waals surface area contributed by atoms with Crippen LogP contribution in [0.25, 0.3) is 0 Å². The molecule has 0 aliphatic rings. The van der Waals surface area contributed by atoms with Crippen molar-refractivity contribution in [2.24, 2.45) is 0 Å². The van der Waals surface area contributed by atoms with Gasteiger partial charge in [0.25, 0.3) is 0 Å². The van der Waals surface area contributed by atoms with Gasteiger partial charge in [-0.1, -0.05) is 58.0 Å². The maximum atomic E-state index is 12.5. The largest absolute Gasteiger partial charge is 0.306 e. The van der Waals surface area contributed by atoms with Crippen molar-refractivity contribution in [3.8, 4) is 0 Å². The smallest absolute Gasteiger partial charge is 0.191 e. The molecule has 0 unspecified atom stereocenters. The molecule has 0 aliphatic carbocycles. The van der Waals surface area contributed by atoms with E-state index in [1.807, 2.05) is 29.7 Å². The van der Waals surface area contributed by atoms with Crippen molar-refractivity contribution in [1.82, 2.24) is 14.8 Å². The van der Waals surface area contributed by atoms with E-state index < -0.39 is 9.84 Å². The van der Waals surface area contributed by atoms with Gasteiger partial charge in [-0.05, 0) is 36.8 Å². The summed E-state index contributed by atoms with van der Waals surface area (Å²) in [6, 6.07) is 16.8. The van der Waals surface area contributed by atoms with Gasteiger partial charge < -0.3 is 4.57 Å². The van der Waals surface area contributed by atoms with Crippen LogP contribution in [0.5, 0.6) is 0 Å². The summed E-state index contributed by atoms with van der Waals surface area (Å²) in [5.41, 5.74) is 1.17. The molecule has 142 valence electrons. The molecule has 27 heavy (non-hydrogen) atoms. The third-order valence-corrected chi connectivity index (χ3v) is 7.56. The van der Waals surface area contributed by atoms with E-state index in [4.69, 9.17) is 0 Å². The number of hydrogen-bond donors (Lipinski definition) is 0. The second-order valence-corrected chi connectivity index (χ2v) is 10.0. The predicted octanol–water partition coefficient (Wildman–Crippen LogP) is 4.22. The van der Waals surface area contributed by atoms with Crippen LogP contribution in [-0.4, -0.2) is 34.7 Å². The maximum absolute atomic E-state index is 12.5. The lowest BCUT2D eigenvalue weighted by atomic mass is 10.1. The molecule has 0 atom stereocenters. The molecule has 0 aliphatic heterocycles. The maximum Gasteiger partial charge on any atom is 0.191 e. The van der Waals surface area contributed by atoms with E-state index in [-0.39, 0.29) is 5.75 Å². The zero-order valence-corrected chi connectivity index (χ0v) is 18.1. The Kier molecular flexibility index (Phi) is 6.73. The molecule has 1 aromatic heterocycles. The van der Waals surface area contributed by atoms with E-state index in [0.717, 1.165) is 22.0 Å². The van der Waals surface area contributed by atoms with Crippen LogP contribution in [0.1, 0.15) is 18.3 Å². The van der Waals surface area contributed by atoms with Crippen molar-refractivity contribution >= 4 is 37.5 Å². The number of nitrogens with zero attached hydrogens (tertiary/aromatic N) is 3. The van der Waals surface area contributed by atoms with Crippen LogP contribution < -0.4 is 0 Å². The number of sulfone groups is 1. The van der Waals surface area contributed by atoms with Crippen LogP contribution in [0.4, 0.5) is 0 Å². The number of aromatic nitrogens is 3. The zero-order chi connectivity index (χ0) is 19.3. The Labute approximate surface area is 172 Å². The van der Waals surface area contributed by atoms with E-state index >= 15 is 0 Å². The molecule has 3 rings (SSSR count). The van der Waals surface area contributed by atoms with Gasteiger partial charge in [-0.15, -0.1) is 10.2 Å². The minimum absolute atomic E-state index is 0.0594. The highest BCUT2D eigenvalue weighted by molar-refractivity contribution is 9.10. The Morgan fingerprint density at radius 1 is 1.04 bits per heavy atom. The van der Waals surface area contributed by atoms with Gasteiger partial charge >= 0.3 is 0 Å². The lowest BCUT2D eigenvalue weighted by molar-refractivity contribution is 0.597. The Morgan fingerprint density at radius 2 is 1.74 bits per heavy atom. The predicted molar refractivity (Wildman–Crippen MR) is 112 cm³/mol. The highest BCUT2D eigenvalue weighted by Gasteiger charge is 2.16. The van der Waals surface area contributed by atoms with Gasteiger partial charge in [0.2, 0.25) is 0 Å². The summed E-state index contributed by atoms with van der Waals surface area (Å²) in [7, 11) is -3.31. The first-order valence-electron chi connectivity index (χ1n) is 8.56. The number of rotatable bonds is 8. The zero-order valence-electron chi connectivity index (χ0n) is 14.9. The SMILES string of the molecule is CCn1c(Cc2ccccc2)nnc1SCCS(=O)(=O)c1ccc(Br)cc1. The Morgan fingerprint density at radius 3 is 2.41 bits per heavy atom.